The molecule has 6 heteroatoms. The van der Waals surface area contributed by atoms with Crippen LogP contribution >= 0.6 is 0 Å². The maximum absolute atomic E-state index is 11.9. The maximum atomic E-state index is 11.9. The van der Waals surface area contributed by atoms with Gasteiger partial charge in [-0.2, -0.15) is 0 Å². The lowest BCUT2D eigenvalue weighted by molar-refractivity contribution is -0.116. The van der Waals surface area contributed by atoms with E-state index in [2.05, 4.69) is 16.0 Å². The summed E-state index contributed by atoms with van der Waals surface area (Å²) in [5.41, 5.74) is 6.27. The third-order valence-corrected chi connectivity index (χ3v) is 3.30. The van der Waals surface area contributed by atoms with Crippen molar-refractivity contribution in [3.8, 4) is 0 Å². The molecule has 0 aliphatic carbocycles. The first kappa shape index (κ1) is 14.3. The van der Waals surface area contributed by atoms with Crippen molar-refractivity contribution in [3.63, 3.8) is 0 Å². The van der Waals surface area contributed by atoms with E-state index in [-0.39, 0.29) is 5.91 Å². The Kier molecular flexibility index (Phi) is 4.95. The van der Waals surface area contributed by atoms with Gasteiger partial charge in [-0.1, -0.05) is 6.07 Å². The van der Waals surface area contributed by atoms with Crippen LogP contribution in [-0.2, 0) is 4.79 Å². The molecule has 5 N–H and O–H groups in total. The molecular weight excluding hydrogens is 256 g/mol. The zero-order chi connectivity index (χ0) is 14.4. The Balaban J connectivity index is 1.82. The highest BCUT2D eigenvalue weighted by Crippen LogP contribution is 2.16. The first-order valence-electron chi connectivity index (χ1n) is 6.83. The summed E-state index contributed by atoms with van der Waals surface area (Å²) in [6.45, 7) is 1.05. The summed E-state index contributed by atoms with van der Waals surface area (Å²) in [6.07, 6.45) is 3.68. The van der Waals surface area contributed by atoms with E-state index in [1.165, 1.54) is 6.42 Å². The van der Waals surface area contributed by atoms with Crippen LogP contribution in [0.15, 0.2) is 24.3 Å². The summed E-state index contributed by atoms with van der Waals surface area (Å²) in [5.74, 6) is -0.0186. The largest absolute Gasteiger partial charge is 0.351 e. The molecule has 1 aliphatic heterocycles. The van der Waals surface area contributed by atoms with Crippen LogP contribution < -0.4 is 21.7 Å². The number of carbonyl (C=O) groups is 2. The highest BCUT2D eigenvalue weighted by molar-refractivity contribution is 5.93. The number of nitrogens with two attached hydrogens (primary N) is 1. The molecule has 1 saturated heterocycles. The predicted octanol–water partition coefficient (Wildman–Crippen LogP) is 1.65. The molecule has 6 nitrogen and oxygen atoms in total. The Bertz CT molecular complexity index is 484. The molecule has 0 bridgehead atoms. The molecule has 2 rings (SSSR count). The molecule has 1 unspecified atom stereocenters. The first-order valence-corrected chi connectivity index (χ1v) is 6.83. The van der Waals surface area contributed by atoms with Crippen LogP contribution in [0.5, 0.6) is 0 Å². The van der Waals surface area contributed by atoms with Gasteiger partial charge < -0.3 is 21.7 Å². The first-order chi connectivity index (χ1) is 9.63. The van der Waals surface area contributed by atoms with Gasteiger partial charge in [-0.25, -0.2) is 4.79 Å². The number of carbonyl (C=O) groups excluding carboxylic acids is 2. The van der Waals surface area contributed by atoms with Gasteiger partial charge in [0, 0.05) is 23.8 Å². The molecule has 0 spiro atoms. The van der Waals surface area contributed by atoms with Gasteiger partial charge in [-0.15, -0.1) is 0 Å². The predicted molar refractivity (Wildman–Crippen MR) is 78.5 cm³/mol. The van der Waals surface area contributed by atoms with Crippen LogP contribution in [0.2, 0.25) is 0 Å². The van der Waals surface area contributed by atoms with E-state index in [9.17, 15) is 9.59 Å². The average Bonchev–Trinajstić information content (AvgIpc) is 2.89. The van der Waals surface area contributed by atoms with E-state index in [1.807, 2.05) is 0 Å². The molecule has 20 heavy (non-hydrogen) atoms. The van der Waals surface area contributed by atoms with E-state index in [1.54, 1.807) is 24.3 Å². The molecule has 1 aromatic rings. The lowest BCUT2D eigenvalue weighted by Gasteiger charge is -2.10. The van der Waals surface area contributed by atoms with Gasteiger partial charge in [-0.05, 0) is 44.0 Å². The molecule has 1 fully saturated rings. The molecule has 3 amide bonds. The van der Waals surface area contributed by atoms with E-state index in [0.29, 0.717) is 23.8 Å². The quantitative estimate of drug-likeness (QED) is 0.658. The van der Waals surface area contributed by atoms with Crippen LogP contribution in [0, 0.1) is 0 Å². The van der Waals surface area contributed by atoms with Gasteiger partial charge in [0.2, 0.25) is 5.91 Å². The van der Waals surface area contributed by atoms with Gasteiger partial charge in [0.05, 0.1) is 0 Å². The summed E-state index contributed by atoms with van der Waals surface area (Å²) in [6, 6.07) is 6.75. The van der Waals surface area contributed by atoms with Crippen molar-refractivity contribution in [1.82, 2.24) is 5.32 Å². The number of amides is 3. The van der Waals surface area contributed by atoms with Gasteiger partial charge in [0.15, 0.2) is 0 Å². The fourth-order valence-corrected chi connectivity index (χ4v) is 2.35. The van der Waals surface area contributed by atoms with E-state index >= 15 is 0 Å². The smallest absolute Gasteiger partial charge is 0.316 e. The molecule has 0 radical (unpaired) electrons. The van der Waals surface area contributed by atoms with Gasteiger partial charge in [0.1, 0.15) is 0 Å². The molecule has 1 heterocycles. The van der Waals surface area contributed by atoms with Crippen molar-refractivity contribution < 1.29 is 9.59 Å². The van der Waals surface area contributed by atoms with E-state index in [4.69, 9.17) is 5.73 Å². The molecular formula is C14H20N4O2. The Morgan fingerprint density at radius 2 is 2.05 bits per heavy atom. The summed E-state index contributed by atoms with van der Waals surface area (Å²) in [4.78, 5) is 22.6. The Morgan fingerprint density at radius 1 is 1.30 bits per heavy atom. The van der Waals surface area contributed by atoms with Crippen LogP contribution in [0.4, 0.5) is 16.2 Å². The molecule has 1 atom stereocenters. The lowest BCUT2D eigenvalue weighted by Crippen LogP contribution is -2.23. The van der Waals surface area contributed by atoms with Gasteiger partial charge >= 0.3 is 6.03 Å². The van der Waals surface area contributed by atoms with Crippen molar-refractivity contribution in [3.05, 3.63) is 24.3 Å². The van der Waals surface area contributed by atoms with Crippen molar-refractivity contribution in [2.24, 2.45) is 5.73 Å². The summed E-state index contributed by atoms with van der Waals surface area (Å²) >= 11 is 0. The van der Waals surface area contributed by atoms with Gasteiger partial charge in [0.25, 0.3) is 0 Å². The highest BCUT2D eigenvalue weighted by atomic mass is 16.2. The molecule has 1 aromatic carbocycles. The molecule has 0 aromatic heterocycles. The third kappa shape index (κ3) is 4.55. The number of hydrogen-bond acceptors (Lipinski definition) is 3. The monoisotopic (exact) mass is 276 g/mol. The third-order valence-electron chi connectivity index (χ3n) is 3.30. The van der Waals surface area contributed by atoms with Crippen LogP contribution in [0.1, 0.15) is 25.7 Å². The second-order valence-electron chi connectivity index (χ2n) is 4.95. The molecule has 108 valence electrons. The van der Waals surface area contributed by atoms with Crippen molar-refractivity contribution in [2.75, 3.05) is 17.2 Å². The number of benzene rings is 1. The average molecular weight is 276 g/mol. The SMILES string of the molecule is NC(=O)Nc1cccc(NC(=O)CCC2CCCN2)c1. The summed E-state index contributed by atoms with van der Waals surface area (Å²) < 4.78 is 0. The van der Waals surface area contributed by atoms with Crippen LogP contribution in [-0.4, -0.2) is 24.5 Å². The van der Waals surface area contributed by atoms with Crippen molar-refractivity contribution in [1.29, 1.82) is 0 Å². The van der Waals surface area contributed by atoms with Gasteiger partial charge in [-0.3, -0.25) is 4.79 Å². The van der Waals surface area contributed by atoms with Crippen LogP contribution in [0.25, 0.3) is 0 Å². The number of hydrogen-bond donors (Lipinski definition) is 4. The fraction of sp³-hybridized carbons (Fsp3) is 0.429. The van der Waals surface area contributed by atoms with E-state index < -0.39 is 6.03 Å². The number of primary amides is 1. The number of nitrogens with one attached hydrogen (secondary N) is 3. The molecule has 0 saturated carbocycles. The second kappa shape index (κ2) is 6.91. The standard InChI is InChI=1S/C14H20N4O2/c15-14(20)18-12-4-1-3-11(9-12)17-13(19)7-6-10-5-2-8-16-10/h1,3-4,9-10,16H,2,5-8H2,(H,17,19)(H3,15,18,20). The minimum absolute atomic E-state index is 0.0186. The van der Waals surface area contributed by atoms with E-state index in [0.717, 1.165) is 19.4 Å². The number of rotatable bonds is 5. The highest BCUT2D eigenvalue weighted by Gasteiger charge is 2.15. The summed E-state index contributed by atoms with van der Waals surface area (Å²) in [7, 11) is 0. The number of urea groups is 1. The Labute approximate surface area is 118 Å². The second-order valence-corrected chi connectivity index (χ2v) is 4.95. The fourth-order valence-electron chi connectivity index (χ4n) is 2.35. The maximum Gasteiger partial charge on any atom is 0.316 e. The topological polar surface area (TPSA) is 96.2 Å². The minimum Gasteiger partial charge on any atom is -0.351 e. The normalized spacial score (nSPS) is 17.7. The van der Waals surface area contributed by atoms with Crippen molar-refractivity contribution in [2.45, 2.75) is 31.7 Å². The van der Waals surface area contributed by atoms with Crippen LogP contribution in [0.3, 0.4) is 0 Å². The Hall–Kier alpha value is -2.08. The Morgan fingerprint density at radius 3 is 2.70 bits per heavy atom. The minimum atomic E-state index is -0.624. The zero-order valence-electron chi connectivity index (χ0n) is 11.3. The van der Waals surface area contributed by atoms with Crippen molar-refractivity contribution >= 4 is 23.3 Å². The lowest BCUT2D eigenvalue weighted by atomic mass is 10.1. The molecule has 1 aliphatic rings. The number of anilines is 2. The zero-order valence-corrected chi connectivity index (χ0v) is 11.3. The summed E-state index contributed by atoms with van der Waals surface area (Å²) in [5, 5.41) is 8.66.